The van der Waals surface area contributed by atoms with Crippen LogP contribution in [0.3, 0.4) is 0 Å². The standard InChI is InChI=1S/C9H20N2O5S2/c1-4-17(13)8-6-10-18(14,15)11(2)7-5-9(12)16-3/h10H,4-8H2,1-3H3. The van der Waals surface area contributed by atoms with E-state index >= 15 is 0 Å². The topological polar surface area (TPSA) is 92.8 Å². The molecule has 0 aromatic carbocycles. The Balaban J connectivity index is 4.11. The van der Waals surface area contributed by atoms with Gasteiger partial charge in [-0.2, -0.15) is 12.7 Å². The van der Waals surface area contributed by atoms with Gasteiger partial charge in [-0.05, 0) is 0 Å². The molecule has 0 spiro atoms. The van der Waals surface area contributed by atoms with Crippen LogP contribution in [0.4, 0.5) is 0 Å². The van der Waals surface area contributed by atoms with Crippen LogP contribution >= 0.6 is 0 Å². The fraction of sp³-hybridized carbons (Fsp3) is 0.889. The first-order valence-corrected chi connectivity index (χ1v) is 8.39. The lowest BCUT2D eigenvalue weighted by Gasteiger charge is -2.16. The second-order valence-corrected chi connectivity index (χ2v) is 7.21. The summed E-state index contributed by atoms with van der Waals surface area (Å²) in [6.07, 6.45) is -0.00516. The van der Waals surface area contributed by atoms with Gasteiger partial charge in [-0.1, -0.05) is 6.92 Å². The molecule has 0 aliphatic rings. The lowest BCUT2D eigenvalue weighted by Crippen LogP contribution is -2.40. The molecule has 1 N–H and O–H groups in total. The zero-order valence-electron chi connectivity index (χ0n) is 10.8. The predicted octanol–water partition coefficient (Wildman–Crippen LogP) is -0.916. The van der Waals surface area contributed by atoms with Crippen molar-refractivity contribution in [1.29, 1.82) is 0 Å². The van der Waals surface area contributed by atoms with Crippen molar-refractivity contribution >= 4 is 27.0 Å². The quantitative estimate of drug-likeness (QED) is 0.556. The maximum Gasteiger partial charge on any atom is 0.306 e. The Morgan fingerprint density at radius 3 is 2.56 bits per heavy atom. The summed E-state index contributed by atoms with van der Waals surface area (Å²) in [5, 5.41) is 0. The van der Waals surface area contributed by atoms with Crippen molar-refractivity contribution in [1.82, 2.24) is 9.03 Å². The first-order chi connectivity index (χ1) is 8.33. The molecule has 0 fully saturated rings. The van der Waals surface area contributed by atoms with Gasteiger partial charge in [-0.15, -0.1) is 0 Å². The van der Waals surface area contributed by atoms with Crippen molar-refractivity contribution in [3.8, 4) is 0 Å². The third-order valence-corrected chi connectivity index (χ3v) is 5.08. The van der Waals surface area contributed by atoms with Gasteiger partial charge in [0.05, 0.1) is 13.5 Å². The third-order valence-electron chi connectivity index (χ3n) is 2.20. The molecule has 0 rings (SSSR count). The van der Waals surface area contributed by atoms with E-state index in [0.29, 0.717) is 5.75 Å². The Morgan fingerprint density at radius 2 is 2.06 bits per heavy atom. The molecule has 0 aliphatic carbocycles. The number of esters is 1. The minimum atomic E-state index is -3.63. The van der Waals surface area contributed by atoms with E-state index in [9.17, 15) is 17.4 Å². The lowest BCUT2D eigenvalue weighted by molar-refractivity contribution is -0.140. The SMILES string of the molecule is CCS(=O)CCNS(=O)(=O)N(C)CCC(=O)OC. The molecule has 7 nitrogen and oxygen atoms in total. The highest BCUT2D eigenvalue weighted by molar-refractivity contribution is 7.87. The van der Waals surface area contributed by atoms with Gasteiger partial charge < -0.3 is 4.74 Å². The van der Waals surface area contributed by atoms with Crippen LogP contribution in [0.2, 0.25) is 0 Å². The predicted molar refractivity (Wildman–Crippen MR) is 69.7 cm³/mol. The van der Waals surface area contributed by atoms with Crippen LogP contribution in [0.5, 0.6) is 0 Å². The van der Waals surface area contributed by atoms with E-state index < -0.39 is 27.0 Å². The van der Waals surface area contributed by atoms with E-state index in [1.807, 2.05) is 0 Å². The molecule has 0 heterocycles. The summed E-state index contributed by atoms with van der Waals surface area (Å²) in [4.78, 5) is 10.9. The summed E-state index contributed by atoms with van der Waals surface area (Å²) in [5.74, 6) is 0.310. The number of rotatable bonds is 9. The van der Waals surface area contributed by atoms with Gasteiger partial charge >= 0.3 is 5.97 Å². The van der Waals surface area contributed by atoms with Crippen LogP contribution in [-0.2, 0) is 30.5 Å². The maximum absolute atomic E-state index is 11.7. The average Bonchev–Trinajstić information content (AvgIpc) is 2.34. The molecule has 0 bridgehead atoms. The van der Waals surface area contributed by atoms with Crippen LogP contribution in [0, 0.1) is 0 Å². The summed E-state index contributed by atoms with van der Waals surface area (Å²) >= 11 is 0. The Hall–Kier alpha value is -0.510. The first kappa shape index (κ1) is 17.5. The normalized spacial score (nSPS) is 13.6. The van der Waals surface area contributed by atoms with Crippen molar-refractivity contribution in [2.75, 3.05) is 38.8 Å². The lowest BCUT2D eigenvalue weighted by atomic mass is 10.4. The van der Waals surface area contributed by atoms with E-state index in [4.69, 9.17) is 0 Å². The summed E-state index contributed by atoms with van der Waals surface area (Å²) in [7, 11) is -2.03. The Kier molecular flexibility index (Phi) is 8.32. The van der Waals surface area contributed by atoms with Crippen LogP contribution in [0.1, 0.15) is 13.3 Å². The highest BCUT2D eigenvalue weighted by Crippen LogP contribution is 1.96. The Bertz CT molecular complexity index is 382. The second-order valence-electron chi connectivity index (χ2n) is 3.48. The molecule has 0 amide bonds. The molecule has 0 aliphatic heterocycles. The van der Waals surface area contributed by atoms with Crippen molar-refractivity contribution in [3.63, 3.8) is 0 Å². The molecule has 0 saturated heterocycles. The summed E-state index contributed by atoms with van der Waals surface area (Å²) in [5.41, 5.74) is 0. The molecule has 0 aromatic rings. The minimum absolute atomic E-state index is 0.00516. The van der Waals surface area contributed by atoms with Crippen LogP contribution in [-0.4, -0.2) is 61.7 Å². The number of carbonyl (C=O) groups excluding carboxylic acids is 1. The number of methoxy groups -OCH3 is 1. The maximum atomic E-state index is 11.7. The van der Waals surface area contributed by atoms with Crippen LogP contribution in [0.15, 0.2) is 0 Å². The Labute approximate surface area is 111 Å². The molecule has 0 radical (unpaired) electrons. The third kappa shape index (κ3) is 7.04. The highest BCUT2D eigenvalue weighted by Gasteiger charge is 2.18. The molecule has 1 unspecified atom stereocenters. The average molecular weight is 300 g/mol. The minimum Gasteiger partial charge on any atom is -0.469 e. The zero-order valence-corrected chi connectivity index (χ0v) is 12.5. The van der Waals surface area contributed by atoms with Gasteiger partial charge in [0, 0.05) is 42.4 Å². The van der Waals surface area contributed by atoms with E-state index in [0.717, 1.165) is 4.31 Å². The summed E-state index contributed by atoms with van der Waals surface area (Å²) in [6.45, 7) is 1.93. The molecule has 9 heteroatoms. The van der Waals surface area contributed by atoms with E-state index in [2.05, 4.69) is 9.46 Å². The summed E-state index contributed by atoms with van der Waals surface area (Å²) in [6, 6.07) is 0. The fourth-order valence-corrected chi connectivity index (χ4v) is 2.67. The molecular weight excluding hydrogens is 280 g/mol. The van der Waals surface area contributed by atoms with Crippen molar-refractivity contribution in [2.24, 2.45) is 0 Å². The number of hydrogen-bond acceptors (Lipinski definition) is 5. The monoisotopic (exact) mass is 300 g/mol. The number of carbonyl (C=O) groups is 1. The molecule has 1 atom stereocenters. The zero-order chi connectivity index (χ0) is 14.2. The number of nitrogens with zero attached hydrogens (tertiary/aromatic N) is 1. The van der Waals surface area contributed by atoms with Crippen LogP contribution < -0.4 is 4.72 Å². The smallest absolute Gasteiger partial charge is 0.306 e. The van der Waals surface area contributed by atoms with Gasteiger partial charge in [0.2, 0.25) is 0 Å². The van der Waals surface area contributed by atoms with Gasteiger partial charge in [0.15, 0.2) is 0 Å². The summed E-state index contributed by atoms with van der Waals surface area (Å²) < 4.78 is 42.2. The van der Waals surface area contributed by atoms with Crippen molar-refractivity contribution < 1.29 is 22.2 Å². The van der Waals surface area contributed by atoms with Crippen LogP contribution in [0.25, 0.3) is 0 Å². The van der Waals surface area contributed by atoms with Gasteiger partial charge in [0.25, 0.3) is 10.2 Å². The number of hydrogen-bond donors (Lipinski definition) is 1. The number of ether oxygens (including phenoxy) is 1. The van der Waals surface area contributed by atoms with Crippen molar-refractivity contribution in [3.05, 3.63) is 0 Å². The fourth-order valence-electron chi connectivity index (χ4n) is 1.01. The van der Waals surface area contributed by atoms with E-state index in [1.54, 1.807) is 6.92 Å². The van der Waals surface area contributed by atoms with Gasteiger partial charge in [-0.3, -0.25) is 9.00 Å². The van der Waals surface area contributed by atoms with Crippen molar-refractivity contribution in [2.45, 2.75) is 13.3 Å². The van der Waals surface area contributed by atoms with E-state index in [1.165, 1.54) is 14.2 Å². The second kappa shape index (κ2) is 8.57. The number of nitrogens with one attached hydrogen (secondary N) is 1. The largest absolute Gasteiger partial charge is 0.469 e. The molecule has 108 valence electrons. The van der Waals surface area contributed by atoms with Gasteiger partial charge in [-0.25, -0.2) is 4.72 Å². The van der Waals surface area contributed by atoms with E-state index in [-0.39, 0.29) is 25.3 Å². The highest BCUT2D eigenvalue weighted by atomic mass is 32.2. The molecule has 0 saturated carbocycles. The Morgan fingerprint density at radius 1 is 1.44 bits per heavy atom. The molecule has 0 aromatic heterocycles. The molecular formula is C9H20N2O5S2. The van der Waals surface area contributed by atoms with Gasteiger partial charge in [0.1, 0.15) is 0 Å². The molecule has 18 heavy (non-hydrogen) atoms. The first-order valence-electron chi connectivity index (χ1n) is 5.46.